The number of hydrogen-bond acceptors (Lipinski definition) is 4. The van der Waals surface area contributed by atoms with Crippen molar-refractivity contribution in [3.63, 3.8) is 0 Å². The Morgan fingerprint density at radius 3 is 2.32 bits per heavy atom. The first-order chi connectivity index (χ1) is 13.2. The van der Waals surface area contributed by atoms with Gasteiger partial charge < -0.3 is 9.64 Å². The second kappa shape index (κ2) is 8.42. The third-order valence-corrected chi connectivity index (χ3v) is 6.25. The van der Waals surface area contributed by atoms with E-state index in [0.29, 0.717) is 6.04 Å². The Hall–Kier alpha value is -1.59. The summed E-state index contributed by atoms with van der Waals surface area (Å²) in [7, 11) is 0. The number of carbonyl (C=O) groups is 1. The van der Waals surface area contributed by atoms with Crippen molar-refractivity contribution in [2.45, 2.75) is 71.2 Å². The molecule has 0 N–H and O–H groups in total. The van der Waals surface area contributed by atoms with Crippen LogP contribution in [0.15, 0.2) is 30.3 Å². The molecule has 156 valence electrons. The fraction of sp³-hybridized carbons (Fsp3) is 0.696. The molecule has 0 aliphatic carbocycles. The summed E-state index contributed by atoms with van der Waals surface area (Å²) in [6, 6.07) is 11.3. The highest BCUT2D eigenvalue weighted by atomic mass is 16.6. The molecule has 1 aromatic rings. The molecule has 1 amide bonds. The van der Waals surface area contributed by atoms with Crippen molar-refractivity contribution in [2.75, 3.05) is 32.7 Å². The molecule has 2 heterocycles. The van der Waals surface area contributed by atoms with Crippen LogP contribution in [0.1, 0.15) is 53.0 Å². The second-order valence-electron chi connectivity index (χ2n) is 9.72. The van der Waals surface area contributed by atoms with E-state index in [9.17, 15) is 4.79 Å². The minimum Gasteiger partial charge on any atom is -0.444 e. The van der Waals surface area contributed by atoms with Gasteiger partial charge in [-0.1, -0.05) is 30.3 Å². The fourth-order valence-electron chi connectivity index (χ4n) is 4.35. The molecule has 0 saturated carbocycles. The maximum absolute atomic E-state index is 12.4. The van der Waals surface area contributed by atoms with E-state index in [1.165, 1.54) is 5.56 Å². The lowest BCUT2D eigenvalue weighted by molar-refractivity contribution is -0.0294. The van der Waals surface area contributed by atoms with E-state index >= 15 is 0 Å². The molecule has 0 radical (unpaired) electrons. The number of rotatable bonds is 3. The van der Waals surface area contributed by atoms with Gasteiger partial charge in [0.05, 0.1) is 0 Å². The Morgan fingerprint density at radius 2 is 1.75 bits per heavy atom. The van der Waals surface area contributed by atoms with Gasteiger partial charge in [-0.3, -0.25) is 9.80 Å². The van der Waals surface area contributed by atoms with Gasteiger partial charge in [0.2, 0.25) is 0 Å². The molecule has 1 atom stereocenters. The lowest BCUT2D eigenvalue weighted by atomic mass is 9.86. The molecular formula is C23H37N3O2. The molecule has 5 heteroatoms. The zero-order chi connectivity index (χ0) is 20.4. The van der Waals surface area contributed by atoms with Gasteiger partial charge in [-0.05, 0) is 53.0 Å². The van der Waals surface area contributed by atoms with Gasteiger partial charge in [-0.15, -0.1) is 0 Å². The van der Waals surface area contributed by atoms with Crippen molar-refractivity contribution in [1.82, 2.24) is 14.7 Å². The zero-order valence-corrected chi connectivity index (χ0v) is 18.3. The minimum absolute atomic E-state index is 0.171. The maximum atomic E-state index is 12.4. The highest BCUT2D eigenvalue weighted by Gasteiger charge is 2.40. The van der Waals surface area contributed by atoms with Gasteiger partial charge in [0.15, 0.2) is 0 Å². The van der Waals surface area contributed by atoms with Crippen LogP contribution in [0.5, 0.6) is 0 Å². The summed E-state index contributed by atoms with van der Waals surface area (Å²) in [5.74, 6) is 0. The topological polar surface area (TPSA) is 36.0 Å². The lowest BCUT2D eigenvalue weighted by Crippen LogP contribution is -2.62. The number of hydrogen-bond donors (Lipinski definition) is 0. The Morgan fingerprint density at radius 1 is 1.11 bits per heavy atom. The van der Waals surface area contributed by atoms with Gasteiger partial charge in [-0.2, -0.15) is 0 Å². The van der Waals surface area contributed by atoms with Gasteiger partial charge in [-0.25, -0.2) is 4.79 Å². The summed E-state index contributed by atoms with van der Waals surface area (Å²) in [4.78, 5) is 19.5. The van der Waals surface area contributed by atoms with E-state index in [1.54, 1.807) is 0 Å². The van der Waals surface area contributed by atoms with E-state index in [1.807, 2.05) is 25.7 Å². The van der Waals surface area contributed by atoms with Crippen LogP contribution < -0.4 is 0 Å². The van der Waals surface area contributed by atoms with Crippen molar-refractivity contribution in [3.05, 3.63) is 35.9 Å². The van der Waals surface area contributed by atoms with Crippen molar-refractivity contribution in [1.29, 1.82) is 0 Å². The molecule has 2 aliphatic heterocycles. The average molecular weight is 388 g/mol. The summed E-state index contributed by atoms with van der Waals surface area (Å²) in [6.45, 7) is 16.4. The molecule has 2 fully saturated rings. The first kappa shape index (κ1) is 21.1. The largest absolute Gasteiger partial charge is 0.444 e. The average Bonchev–Trinajstić information content (AvgIpc) is 2.63. The van der Waals surface area contributed by atoms with Crippen LogP contribution in [-0.4, -0.2) is 70.7 Å². The Balaban J connectivity index is 1.52. The zero-order valence-electron chi connectivity index (χ0n) is 18.3. The highest BCUT2D eigenvalue weighted by molar-refractivity contribution is 5.68. The summed E-state index contributed by atoms with van der Waals surface area (Å²) >= 11 is 0. The summed E-state index contributed by atoms with van der Waals surface area (Å²) in [6.07, 6.45) is 1.85. The molecule has 0 spiro atoms. The molecule has 3 rings (SSSR count). The summed E-state index contributed by atoms with van der Waals surface area (Å²) in [5.41, 5.74) is 1.13. The fourth-order valence-corrected chi connectivity index (χ4v) is 4.35. The lowest BCUT2D eigenvalue weighted by Gasteiger charge is -2.51. The number of likely N-dealkylation sites (tertiary alicyclic amines) is 1. The normalized spacial score (nSPS) is 24.2. The molecule has 5 nitrogen and oxygen atoms in total. The predicted molar refractivity (Wildman–Crippen MR) is 113 cm³/mol. The molecule has 0 bridgehead atoms. The van der Waals surface area contributed by atoms with Crippen LogP contribution in [0, 0.1) is 0 Å². The molecule has 0 unspecified atom stereocenters. The van der Waals surface area contributed by atoms with E-state index in [0.717, 1.165) is 52.1 Å². The van der Waals surface area contributed by atoms with Crippen molar-refractivity contribution in [3.8, 4) is 0 Å². The SMILES string of the molecule is C[C@@H]1CN(C2(C)CCN(C(=O)OC(C)(C)C)CC2)CCN1Cc1ccccc1. The highest BCUT2D eigenvalue weighted by Crippen LogP contribution is 2.31. The van der Waals surface area contributed by atoms with Gasteiger partial charge in [0, 0.05) is 50.8 Å². The first-order valence-electron chi connectivity index (χ1n) is 10.7. The summed E-state index contributed by atoms with van der Waals surface area (Å²) < 4.78 is 5.55. The van der Waals surface area contributed by atoms with E-state index in [-0.39, 0.29) is 11.6 Å². The maximum Gasteiger partial charge on any atom is 0.410 e. The quantitative estimate of drug-likeness (QED) is 0.786. The molecule has 1 aromatic carbocycles. The monoisotopic (exact) mass is 387 g/mol. The van der Waals surface area contributed by atoms with Crippen LogP contribution in [0.4, 0.5) is 4.79 Å². The number of ether oxygens (including phenoxy) is 1. The van der Waals surface area contributed by atoms with Crippen LogP contribution in [-0.2, 0) is 11.3 Å². The number of piperidine rings is 1. The molecule has 0 aromatic heterocycles. The minimum atomic E-state index is -0.428. The predicted octanol–water partition coefficient (Wildman–Crippen LogP) is 3.98. The van der Waals surface area contributed by atoms with E-state index in [4.69, 9.17) is 4.74 Å². The Labute approximate surface area is 170 Å². The number of piperazine rings is 1. The van der Waals surface area contributed by atoms with Crippen molar-refractivity contribution >= 4 is 6.09 Å². The van der Waals surface area contributed by atoms with Crippen molar-refractivity contribution < 1.29 is 9.53 Å². The van der Waals surface area contributed by atoms with E-state index in [2.05, 4.69) is 54.0 Å². The third kappa shape index (κ3) is 5.26. The first-order valence-corrected chi connectivity index (χ1v) is 10.7. The van der Waals surface area contributed by atoms with Crippen LogP contribution in [0.2, 0.25) is 0 Å². The van der Waals surface area contributed by atoms with Gasteiger partial charge in [0.25, 0.3) is 0 Å². The van der Waals surface area contributed by atoms with Crippen LogP contribution in [0.3, 0.4) is 0 Å². The van der Waals surface area contributed by atoms with Crippen LogP contribution in [0.25, 0.3) is 0 Å². The Bertz CT molecular complexity index is 648. The summed E-state index contributed by atoms with van der Waals surface area (Å²) in [5, 5.41) is 0. The van der Waals surface area contributed by atoms with Gasteiger partial charge >= 0.3 is 6.09 Å². The van der Waals surface area contributed by atoms with Crippen LogP contribution >= 0.6 is 0 Å². The molecular weight excluding hydrogens is 350 g/mol. The number of benzene rings is 1. The second-order valence-corrected chi connectivity index (χ2v) is 9.72. The number of amides is 1. The number of nitrogens with zero attached hydrogens (tertiary/aromatic N) is 3. The molecule has 28 heavy (non-hydrogen) atoms. The third-order valence-electron chi connectivity index (χ3n) is 6.25. The Kier molecular flexibility index (Phi) is 6.35. The molecule has 2 aliphatic rings. The smallest absolute Gasteiger partial charge is 0.410 e. The molecule has 2 saturated heterocycles. The van der Waals surface area contributed by atoms with Gasteiger partial charge in [0.1, 0.15) is 5.60 Å². The number of carbonyl (C=O) groups excluding carboxylic acids is 1. The van der Waals surface area contributed by atoms with Crippen molar-refractivity contribution in [2.24, 2.45) is 0 Å². The van der Waals surface area contributed by atoms with E-state index < -0.39 is 5.60 Å². The standard InChI is InChI=1S/C23H37N3O2/c1-19-17-26(16-15-25(19)18-20-9-7-6-8-10-20)23(5)11-13-24(14-12-23)21(27)28-22(2,3)4/h6-10,19H,11-18H2,1-5H3/t19-/m1/s1.